The minimum Gasteiger partial charge on any atom is -0.447 e. The Balaban J connectivity index is 2.85. The molecule has 0 saturated heterocycles. The first-order chi connectivity index (χ1) is 5.27. The Kier molecular flexibility index (Phi) is 7.61. The number of alkyl halides is 1. The number of hydrogen-bond acceptors (Lipinski definition) is 3. The highest BCUT2D eigenvalue weighted by molar-refractivity contribution is 9.09. The number of halogens is 1. The predicted molar refractivity (Wildman–Crippen MR) is 44.8 cm³/mol. The molecular weight excluding hydrogens is 214 g/mol. The molecule has 0 spiro atoms. The molecule has 0 fully saturated rings. The average Bonchev–Trinajstić information content (AvgIpc) is 1.96. The molecule has 0 atom stereocenters. The first-order valence-corrected chi connectivity index (χ1v) is 4.45. The van der Waals surface area contributed by atoms with Gasteiger partial charge in [0.25, 0.3) is 0 Å². The lowest BCUT2D eigenvalue weighted by Gasteiger charge is -2.01. The van der Waals surface area contributed by atoms with Crippen molar-refractivity contribution >= 4 is 22.0 Å². The number of carbonyl (C=O) groups is 1. The van der Waals surface area contributed by atoms with Gasteiger partial charge < -0.3 is 15.2 Å². The third-order valence-electron chi connectivity index (χ3n) is 0.894. The third-order valence-corrected chi connectivity index (χ3v) is 1.46. The van der Waals surface area contributed by atoms with Gasteiger partial charge in [-0.3, -0.25) is 0 Å². The van der Waals surface area contributed by atoms with Crippen LogP contribution in [-0.4, -0.2) is 31.2 Å². The monoisotopic (exact) mass is 225 g/mol. The molecule has 0 aromatic rings. The molecule has 0 aromatic heterocycles. The van der Waals surface area contributed by atoms with Crippen LogP contribution in [-0.2, 0) is 9.47 Å². The fraction of sp³-hybridized carbons (Fsp3) is 0.833. The van der Waals surface area contributed by atoms with E-state index in [0.717, 1.165) is 11.8 Å². The largest absolute Gasteiger partial charge is 0.447 e. The molecule has 0 aliphatic heterocycles. The molecule has 0 heterocycles. The van der Waals surface area contributed by atoms with Gasteiger partial charge in [-0.2, -0.15) is 0 Å². The zero-order chi connectivity index (χ0) is 8.53. The van der Waals surface area contributed by atoms with Crippen molar-refractivity contribution in [2.75, 3.05) is 25.2 Å². The van der Waals surface area contributed by atoms with E-state index in [9.17, 15) is 4.79 Å². The van der Waals surface area contributed by atoms with E-state index < -0.39 is 6.09 Å². The molecule has 0 rings (SSSR count). The second kappa shape index (κ2) is 7.81. The summed E-state index contributed by atoms with van der Waals surface area (Å²) >= 11 is 3.26. The van der Waals surface area contributed by atoms with E-state index in [2.05, 4.69) is 20.7 Å². The van der Waals surface area contributed by atoms with Gasteiger partial charge in [-0.05, 0) is 6.42 Å². The van der Waals surface area contributed by atoms with Crippen molar-refractivity contribution in [3.8, 4) is 0 Å². The molecule has 0 aromatic carbocycles. The van der Waals surface area contributed by atoms with Gasteiger partial charge >= 0.3 is 6.09 Å². The van der Waals surface area contributed by atoms with Gasteiger partial charge in [0.2, 0.25) is 0 Å². The number of carbonyl (C=O) groups excluding carboxylic acids is 1. The van der Waals surface area contributed by atoms with Crippen molar-refractivity contribution in [3.05, 3.63) is 0 Å². The van der Waals surface area contributed by atoms with Gasteiger partial charge in [0.15, 0.2) is 0 Å². The van der Waals surface area contributed by atoms with E-state index in [0.29, 0.717) is 13.2 Å². The Bertz CT molecular complexity index is 110. The van der Waals surface area contributed by atoms with Gasteiger partial charge in [0.1, 0.15) is 6.61 Å². The van der Waals surface area contributed by atoms with Crippen LogP contribution in [0.5, 0.6) is 0 Å². The summed E-state index contributed by atoms with van der Waals surface area (Å²) in [5.74, 6) is 0. The second-order valence-electron chi connectivity index (χ2n) is 1.82. The van der Waals surface area contributed by atoms with Crippen LogP contribution in [0.15, 0.2) is 0 Å². The maximum Gasteiger partial charge on any atom is 0.404 e. The highest BCUT2D eigenvalue weighted by Gasteiger charge is 1.92. The van der Waals surface area contributed by atoms with Crippen molar-refractivity contribution in [1.82, 2.24) is 0 Å². The van der Waals surface area contributed by atoms with Crippen LogP contribution in [0.3, 0.4) is 0 Å². The van der Waals surface area contributed by atoms with Crippen LogP contribution in [0, 0.1) is 0 Å². The average molecular weight is 226 g/mol. The van der Waals surface area contributed by atoms with Crippen LogP contribution in [0.25, 0.3) is 0 Å². The van der Waals surface area contributed by atoms with E-state index in [1.807, 2.05) is 0 Å². The number of ether oxygens (including phenoxy) is 2. The Morgan fingerprint density at radius 2 is 2.09 bits per heavy atom. The fourth-order valence-corrected chi connectivity index (χ4v) is 0.689. The van der Waals surface area contributed by atoms with Crippen LogP contribution >= 0.6 is 15.9 Å². The molecule has 0 aliphatic carbocycles. The third kappa shape index (κ3) is 9.71. The topological polar surface area (TPSA) is 61.6 Å². The van der Waals surface area contributed by atoms with E-state index in [1.54, 1.807) is 0 Å². The molecular formula is C6H12BrNO3. The lowest BCUT2D eigenvalue weighted by atomic mass is 10.5. The lowest BCUT2D eigenvalue weighted by Crippen LogP contribution is -2.16. The molecule has 0 saturated carbocycles. The van der Waals surface area contributed by atoms with Crippen LogP contribution in [0.4, 0.5) is 4.79 Å². The standard InChI is InChI=1S/C6H12BrNO3/c7-2-1-3-10-4-5-11-6(8)9/h1-5H2,(H2,8,9). The molecule has 66 valence electrons. The Morgan fingerprint density at radius 1 is 1.36 bits per heavy atom. The molecule has 4 nitrogen and oxygen atoms in total. The zero-order valence-electron chi connectivity index (χ0n) is 6.22. The number of rotatable bonds is 6. The minimum atomic E-state index is -0.755. The summed E-state index contributed by atoms with van der Waals surface area (Å²) in [7, 11) is 0. The van der Waals surface area contributed by atoms with Gasteiger partial charge in [-0.25, -0.2) is 4.79 Å². The quantitative estimate of drug-likeness (QED) is 0.540. The molecule has 0 unspecified atom stereocenters. The maximum absolute atomic E-state index is 10.0. The van der Waals surface area contributed by atoms with Crippen molar-refractivity contribution in [3.63, 3.8) is 0 Å². The summed E-state index contributed by atoms with van der Waals surface area (Å²) in [6.45, 7) is 1.32. The molecule has 2 N–H and O–H groups in total. The van der Waals surface area contributed by atoms with Gasteiger partial charge in [0, 0.05) is 11.9 Å². The Morgan fingerprint density at radius 3 is 2.64 bits per heavy atom. The first-order valence-electron chi connectivity index (χ1n) is 3.33. The summed E-state index contributed by atoms with van der Waals surface area (Å²) in [4.78, 5) is 10.0. The van der Waals surface area contributed by atoms with Crippen LogP contribution < -0.4 is 5.73 Å². The Labute approximate surface area is 74.2 Å². The molecule has 11 heavy (non-hydrogen) atoms. The maximum atomic E-state index is 10.0. The van der Waals surface area contributed by atoms with E-state index in [1.165, 1.54) is 0 Å². The SMILES string of the molecule is NC(=O)OCCOCCCBr. The lowest BCUT2D eigenvalue weighted by molar-refractivity contribution is 0.0773. The van der Waals surface area contributed by atoms with E-state index in [-0.39, 0.29) is 6.61 Å². The summed E-state index contributed by atoms with van der Waals surface area (Å²) in [5.41, 5.74) is 4.71. The fourth-order valence-electron chi connectivity index (χ4n) is 0.460. The van der Waals surface area contributed by atoms with Crippen LogP contribution in [0.1, 0.15) is 6.42 Å². The van der Waals surface area contributed by atoms with Crippen LogP contribution in [0.2, 0.25) is 0 Å². The van der Waals surface area contributed by atoms with E-state index in [4.69, 9.17) is 10.5 Å². The zero-order valence-corrected chi connectivity index (χ0v) is 7.80. The normalized spacial score (nSPS) is 9.55. The van der Waals surface area contributed by atoms with E-state index >= 15 is 0 Å². The highest BCUT2D eigenvalue weighted by atomic mass is 79.9. The minimum absolute atomic E-state index is 0.234. The summed E-state index contributed by atoms with van der Waals surface area (Å²) in [6.07, 6.45) is 0.199. The highest BCUT2D eigenvalue weighted by Crippen LogP contribution is 1.88. The summed E-state index contributed by atoms with van der Waals surface area (Å²) in [6, 6.07) is 0. The number of amides is 1. The molecule has 0 aliphatic rings. The van der Waals surface area contributed by atoms with Gasteiger partial charge in [-0.15, -0.1) is 0 Å². The number of nitrogens with two attached hydrogens (primary N) is 1. The number of hydrogen-bond donors (Lipinski definition) is 1. The predicted octanol–water partition coefficient (Wildman–Crippen LogP) is 0.883. The first kappa shape index (κ1) is 10.7. The molecule has 5 heteroatoms. The van der Waals surface area contributed by atoms with Gasteiger partial charge in [0.05, 0.1) is 6.61 Å². The smallest absolute Gasteiger partial charge is 0.404 e. The molecule has 0 radical (unpaired) electrons. The van der Waals surface area contributed by atoms with Gasteiger partial charge in [-0.1, -0.05) is 15.9 Å². The number of primary amides is 1. The van der Waals surface area contributed by atoms with Crippen molar-refractivity contribution in [2.45, 2.75) is 6.42 Å². The second-order valence-corrected chi connectivity index (χ2v) is 2.62. The van der Waals surface area contributed by atoms with Crippen molar-refractivity contribution in [1.29, 1.82) is 0 Å². The summed E-state index contributed by atoms with van der Waals surface area (Å²) in [5, 5.41) is 0.920. The van der Waals surface area contributed by atoms with Crippen molar-refractivity contribution < 1.29 is 14.3 Å². The molecule has 1 amide bonds. The van der Waals surface area contributed by atoms with Crippen molar-refractivity contribution in [2.24, 2.45) is 5.73 Å². The molecule has 0 bridgehead atoms. The summed E-state index contributed by atoms with van der Waals surface area (Å²) < 4.78 is 9.49. The Hall–Kier alpha value is -0.290.